The highest BCUT2D eigenvalue weighted by Crippen LogP contribution is 2.63. The second-order valence-electron chi connectivity index (χ2n) is 7.71. The van der Waals surface area contributed by atoms with Crippen LogP contribution in [0.3, 0.4) is 0 Å². The highest BCUT2D eigenvalue weighted by atomic mass is 35.5. The van der Waals surface area contributed by atoms with Crippen LogP contribution in [0.15, 0.2) is 36.5 Å². The first-order valence-corrected chi connectivity index (χ1v) is 10.9. The fraction of sp³-hybridized carbons (Fsp3) is 0.316. The van der Waals surface area contributed by atoms with Gasteiger partial charge < -0.3 is 10.6 Å². The van der Waals surface area contributed by atoms with Crippen LogP contribution >= 0.6 is 11.6 Å². The molecule has 5 rings (SSSR count). The number of carbonyl (C=O) groups is 1. The molecule has 1 aromatic carbocycles. The lowest BCUT2D eigenvalue weighted by Gasteiger charge is -2.54. The van der Waals surface area contributed by atoms with Gasteiger partial charge in [-0.25, -0.2) is 17.7 Å². The molecule has 2 spiro atoms. The lowest BCUT2D eigenvalue weighted by Crippen LogP contribution is -2.72. The van der Waals surface area contributed by atoms with Crippen LogP contribution < -0.4 is 10.6 Å². The van der Waals surface area contributed by atoms with Crippen molar-refractivity contribution in [1.29, 1.82) is 5.41 Å². The quantitative estimate of drug-likeness (QED) is 0.673. The first-order chi connectivity index (χ1) is 13.7. The van der Waals surface area contributed by atoms with Crippen molar-refractivity contribution in [3.05, 3.63) is 58.4 Å². The van der Waals surface area contributed by atoms with Crippen molar-refractivity contribution >= 4 is 39.2 Å². The molecule has 1 saturated heterocycles. The van der Waals surface area contributed by atoms with Crippen LogP contribution in [0.1, 0.15) is 34.5 Å². The van der Waals surface area contributed by atoms with E-state index in [1.54, 1.807) is 18.2 Å². The van der Waals surface area contributed by atoms with E-state index in [0.29, 0.717) is 30.0 Å². The second-order valence-corrected chi connectivity index (χ2v) is 10.4. The standard InChI is InChI=1S/C19H18ClN5O3S/c1-25-17(21)24-19(18(6-7-18)29(25,27)28)9-11-2-4-13(8-14(11)19)23-16(26)15-5-3-12(20)10-22-15/h2-5,8,10H,6-7,9H2,1H3,(H2,21,24)(H,23,26)/t19-/m1/s1. The zero-order chi connectivity index (χ0) is 20.6. The minimum Gasteiger partial charge on any atom is -0.344 e. The number of amides is 1. The minimum atomic E-state index is -3.64. The molecule has 0 bridgehead atoms. The zero-order valence-corrected chi connectivity index (χ0v) is 17.1. The van der Waals surface area contributed by atoms with E-state index in [4.69, 9.17) is 17.0 Å². The maximum atomic E-state index is 13.1. The molecular formula is C19H18ClN5O3S. The lowest BCUT2D eigenvalue weighted by atomic mass is 9.67. The summed E-state index contributed by atoms with van der Waals surface area (Å²) in [7, 11) is -2.23. The normalized spacial score (nSPS) is 25.2. The Labute approximate surface area is 172 Å². The summed E-state index contributed by atoms with van der Waals surface area (Å²) in [5, 5.41) is 14.5. The van der Waals surface area contributed by atoms with Crippen LogP contribution in [0.25, 0.3) is 0 Å². The van der Waals surface area contributed by atoms with Crippen molar-refractivity contribution in [3.63, 3.8) is 0 Å². The molecule has 3 aliphatic rings. The summed E-state index contributed by atoms with van der Waals surface area (Å²) in [6, 6.07) is 8.59. The van der Waals surface area contributed by atoms with Gasteiger partial charge in [0, 0.05) is 25.4 Å². The van der Waals surface area contributed by atoms with Crippen LogP contribution in [-0.4, -0.2) is 41.4 Å². The Bertz CT molecular complexity index is 1180. The smallest absolute Gasteiger partial charge is 0.274 e. The van der Waals surface area contributed by atoms with E-state index >= 15 is 0 Å². The Morgan fingerprint density at radius 3 is 2.72 bits per heavy atom. The highest BCUT2D eigenvalue weighted by Gasteiger charge is 2.75. The molecule has 1 atom stereocenters. The van der Waals surface area contributed by atoms with Crippen molar-refractivity contribution in [2.24, 2.45) is 0 Å². The summed E-state index contributed by atoms with van der Waals surface area (Å²) in [4.78, 5) is 16.5. The van der Waals surface area contributed by atoms with Gasteiger partial charge in [0.1, 0.15) is 10.4 Å². The maximum absolute atomic E-state index is 13.1. The van der Waals surface area contributed by atoms with E-state index in [-0.39, 0.29) is 17.6 Å². The number of nitrogens with zero attached hydrogens (tertiary/aromatic N) is 2. The largest absolute Gasteiger partial charge is 0.344 e. The van der Waals surface area contributed by atoms with Crippen molar-refractivity contribution in [2.45, 2.75) is 29.5 Å². The van der Waals surface area contributed by atoms with E-state index in [2.05, 4.69) is 15.6 Å². The molecule has 2 aromatic rings. The maximum Gasteiger partial charge on any atom is 0.274 e. The second kappa shape index (κ2) is 5.70. The zero-order valence-electron chi connectivity index (χ0n) is 15.5. The molecule has 1 aliphatic heterocycles. The Hall–Kier alpha value is -2.65. The molecule has 0 unspecified atom stereocenters. The van der Waals surface area contributed by atoms with Crippen LogP contribution in [0.4, 0.5) is 5.69 Å². The van der Waals surface area contributed by atoms with Gasteiger partial charge in [0.15, 0.2) is 0 Å². The van der Waals surface area contributed by atoms with Gasteiger partial charge in [-0.1, -0.05) is 17.7 Å². The van der Waals surface area contributed by atoms with Crippen LogP contribution in [0.5, 0.6) is 0 Å². The number of nitrogens with one attached hydrogen (secondary N) is 3. The van der Waals surface area contributed by atoms with Gasteiger partial charge in [0.25, 0.3) is 5.91 Å². The molecule has 2 fully saturated rings. The summed E-state index contributed by atoms with van der Waals surface area (Å²) in [5.41, 5.74) is 1.78. The number of rotatable bonds is 2. The fourth-order valence-corrected chi connectivity index (χ4v) is 6.71. The Balaban J connectivity index is 1.49. The first-order valence-electron chi connectivity index (χ1n) is 9.12. The molecule has 29 heavy (non-hydrogen) atoms. The fourth-order valence-electron chi connectivity index (χ4n) is 4.50. The predicted molar refractivity (Wildman–Crippen MR) is 109 cm³/mol. The van der Waals surface area contributed by atoms with E-state index in [0.717, 1.165) is 15.4 Å². The summed E-state index contributed by atoms with van der Waals surface area (Å²) >= 11 is 5.81. The average molecular weight is 432 g/mol. The molecule has 3 N–H and O–H groups in total. The van der Waals surface area contributed by atoms with Crippen LogP contribution in [0.2, 0.25) is 5.02 Å². The number of benzene rings is 1. The monoisotopic (exact) mass is 431 g/mol. The third-order valence-electron chi connectivity index (χ3n) is 6.23. The number of fused-ring (bicyclic) bond motifs is 3. The number of anilines is 1. The Kier molecular flexibility index (Phi) is 3.61. The van der Waals surface area contributed by atoms with Gasteiger partial charge in [-0.2, -0.15) is 0 Å². The summed E-state index contributed by atoms with van der Waals surface area (Å²) in [5.74, 6) is -0.513. The number of halogens is 1. The molecule has 1 amide bonds. The molecular weight excluding hydrogens is 414 g/mol. The number of guanidine groups is 1. The molecule has 8 nitrogen and oxygen atoms in total. The summed E-state index contributed by atoms with van der Waals surface area (Å²) < 4.78 is 26.2. The first kappa shape index (κ1) is 18.4. The Morgan fingerprint density at radius 2 is 2.07 bits per heavy atom. The van der Waals surface area contributed by atoms with Gasteiger partial charge in [0.05, 0.1) is 10.6 Å². The number of carbonyl (C=O) groups excluding carboxylic acids is 1. The molecule has 1 saturated carbocycles. The average Bonchev–Trinajstić information content (AvgIpc) is 3.48. The number of hydrogen-bond acceptors (Lipinski definition) is 5. The summed E-state index contributed by atoms with van der Waals surface area (Å²) in [6.07, 6.45) is 3.03. The lowest BCUT2D eigenvalue weighted by molar-refractivity contribution is 0.102. The van der Waals surface area contributed by atoms with Crippen molar-refractivity contribution in [2.75, 3.05) is 12.4 Å². The van der Waals surface area contributed by atoms with E-state index in [1.807, 2.05) is 6.07 Å². The van der Waals surface area contributed by atoms with Gasteiger partial charge >= 0.3 is 0 Å². The molecule has 2 heterocycles. The van der Waals surface area contributed by atoms with E-state index in [9.17, 15) is 13.2 Å². The SMILES string of the molecule is CN1C(=N)N[C@@]2(Cc3ccc(NC(=O)c4ccc(Cl)cn4)cc32)C2(CC2)S1(=O)=O. The van der Waals surface area contributed by atoms with Gasteiger partial charge in [-0.05, 0) is 48.2 Å². The van der Waals surface area contributed by atoms with Gasteiger partial charge in [0.2, 0.25) is 16.0 Å². The molecule has 0 radical (unpaired) electrons. The number of sulfonamides is 1. The van der Waals surface area contributed by atoms with Crippen LogP contribution in [0, 0.1) is 5.41 Å². The van der Waals surface area contributed by atoms with E-state index in [1.165, 1.54) is 19.3 Å². The number of pyridine rings is 1. The van der Waals surface area contributed by atoms with Crippen molar-refractivity contribution in [3.8, 4) is 0 Å². The predicted octanol–water partition coefficient (Wildman–Crippen LogP) is 2.07. The molecule has 2 aliphatic carbocycles. The molecule has 1 aromatic heterocycles. The number of aromatic nitrogens is 1. The van der Waals surface area contributed by atoms with E-state index < -0.39 is 20.3 Å². The van der Waals surface area contributed by atoms with Crippen molar-refractivity contribution < 1.29 is 13.2 Å². The molecule has 10 heteroatoms. The third-order valence-corrected chi connectivity index (χ3v) is 9.10. The number of hydrogen-bond donors (Lipinski definition) is 3. The van der Waals surface area contributed by atoms with Gasteiger partial charge in [-0.15, -0.1) is 0 Å². The minimum absolute atomic E-state index is 0.132. The van der Waals surface area contributed by atoms with Gasteiger partial charge in [-0.3, -0.25) is 10.2 Å². The Morgan fingerprint density at radius 1 is 1.31 bits per heavy atom. The van der Waals surface area contributed by atoms with Crippen LogP contribution in [-0.2, 0) is 22.0 Å². The summed E-state index contributed by atoms with van der Waals surface area (Å²) in [6.45, 7) is 0. The molecule has 150 valence electrons. The highest BCUT2D eigenvalue weighted by molar-refractivity contribution is 7.91. The van der Waals surface area contributed by atoms with Crippen molar-refractivity contribution in [1.82, 2.24) is 14.6 Å². The third kappa shape index (κ3) is 2.31. The topological polar surface area (TPSA) is 115 Å².